The Bertz CT molecular complexity index is 859. The summed E-state index contributed by atoms with van der Waals surface area (Å²) in [7, 11) is 1.59. The fraction of sp³-hybridized carbons (Fsp3) is 0.176. The first kappa shape index (κ1) is 15.7. The molecule has 0 radical (unpaired) electrons. The van der Waals surface area contributed by atoms with Gasteiger partial charge in [0.1, 0.15) is 5.75 Å². The smallest absolute Gasteiger partial charge is 0.228 e. The lowest BCUT2D eigenvalue weighted by atomic mass is 10.1. The molecule has 0 aliphatic carbocycles. The number of hydrogen-bond donors (Lipinski definition) is 1. The largest absolute Gasteiger partial charge is 0.496 e. The number of anilines is 1. The first-order valence-corrected chi connectivity index (χ1v) is 7.44. The molecule has 7 nitrogen and oxygen atoms in total. The molecule has 0 aliphatic rings. The average Bonchev–Trinajstić information content (AvgIpc) is 3.01. The van der Waals surface area contributed by atoms with Crippen molar-refractivity contribution in [1.82, 2.24) is 20.2 Å². The highest BCUT2D eigenvalue weighted by Crippen LogP contribution is 2.19. The van der Waals surface area contributed by atoms with Crippen molar-refractivity contribution in [1.29, 1.82) is 0 Å². The van der Waals surface area contributed by atoms with Crippen molar-refractivity contribution in [3.05, 3.63) is 59.9 Å². The number of ether oxygens (including phenoxy) is 1. The van der Waals surface area contributed by atoms with Crippen LogP contribution < -0.4 is 10.1 Å². The maximum atomic E-state index is 12.3. The highest BCUT2D eigenvalue weighted by Gasteiger charge is 2.10. The quantitative estimate of drug-likeness (QED) is 0.778. The second-order valence-electron chi connectivity index (χ2n) is 5.23. The Hall–Kier alpha value is -3.22. The lowest BCUT2D eigenvalue weighted by molar-refractivity contribution is -0.115. The lowest BCUT2D eigenvalue weighted by Crippen LogP contribution is -2.15. The first-order chi connectivity index (χ1) is 11.7. The van der Waals surface area contributed by atoms with Crippen LogP contribution in [0.3, 0.4) is 0 Å². The molecule has 122 valence electrons. The number of rotatable bonds is 5. The number of benzene rings is 2. The number of methoxy groups -OCH3 is 1. The van der Waals surface area contributed by atoms with E-state index < -0.39 is 0 Å². The predicted octanol–water partition coefficient (Wildman–Crippen LogP) is 2.16. The molecule has 24 heavy (non-hydrogen) atoms. The normalized spacial score (nSPS) is 10.4. The molecule has 0 bridgehead atoms. The molecule has 0 unspecified atom stereocenters. The zero-order chi connectivity index (χ0) is 16.9. The molecule has 3 aromatic rings. The van der Waals surface area contributed by atoms with Crippen LogP contribution in [0.1, 0.15) is 11.4 Å². The number of aryl methyl sites for hydroxylation is 1. The second kappa shape index (κ2) is 6.91. The Kier molecular flexibility index (Phi) is 4.51. The number of tetrazole rings is 1. The van der Waals surface area contributed by atoms with E-state index in [9.17, 15) is 4.79 Å². The van der Waals surface area contributed by atoms with Gasteiger partial charge in [-0.2, -0.15) is 4.68 Å². The molecule has 0 atom stereocenters. The summed E-state index contributed by atoms with van der Waals surface area (Å²) in [6.45, 7) is 1.81. The highest BCUT2D eigenvalue weighted by molar-refractivity contribution is 5.92. The zero-order valence-electron chi connectivity index (χ0n) is 13.4. The number of carbonyl (C=O) groups excluding carboxylic acids is 1. The first-order valence-electron chi connectivity index (χ1n) is 7.44. The van der Waals surface area contributed by atoms with Crippen LogP contribution in [0.15, 0.2) is 48.5 Å². The molecule has 1 heterocycles. The number of hydrogen-bond acceptors (Lipinski definition) is 5. The van der Waals surface area contributed by atoms with Gasteiger partial charge in [0.15, 0.2) is 5.82 Å². The minimum atomic E-state index is -0.120. The van der Waals surface area contributed by atoms with E-state index >= 15 is 0 Å². The lowest BCUT2D eigenvalue weighted by Gasteiger charge is -2.10. The van der Waals surface area contributed by atoms with Gasteiger partial charge in [-0.05, 0) is 41.6 Å². The maximum absolute atomic E-state index is 12.3. The Morgan fingerprint density at radius 2 is 2.04 bits per heavy atom. The van der Waals surface area contributed by atoms with Crippen LogP contribution in [0, 0.1) is 6.92 Å². The molecule has 1 aromatic heterocycles. The number of nitrogens with one attached hydrogen (secondary N) is 1. The Balaban J connectivity index is 1.74. The molecule has 3 rings (SSSR count). The van der Waals surface area contributed by atoms with E-state index in [1.54, 1.807) is 11.8 Å². The minimum Gasteiger partial charge on any atom is -0.496 e. The number of amides is 1. The summed E-state index contributed by atoms with van der Waals surface area (Å²) in [4.78, 5) is 12.3. The summed E-state index contributed by atoms with van der Waals surface area (Å²) < 4.78 is 6.88. The van der Waals surface area contributed by atoms with Crippen molar-refractivity contribution in [3.63, 3.8) is 0 Å². The topological polar surface area (TPSA) is 81.9 Å². The van der Waals surface area contributed by atoms with Gasteiger partial charge in [0.25, 0.3) is 0 Å². The number of nitrogens with zero attached hydrogens (tertiary/aromatic N) is 4. The van der Waals surface area contributed by atoms with Gasteiger partial charge < -0.3 is 10.1 Å². The summed E-state index contributed by atoms with van der Waals surface area (Å²) >= 11 is 0. The summed E-state index contributed by atoms with van der Waals surface area (Å²) in [5, 5.41) is 14.3. The summed E-state index contributed by atoms with van der Waals surface area (Å²) in [5.41, 5.74) is 2.31. The van der Waals surface area contributed by atoms with Gasteiger partial charge in [0, 0.05) is 11.3 Å². The maximum Gasteiger partial charge on any atom is 0.228 e. The Morgan fingerprint density at radius 3 is 2.79 bits per heavy atom. The van der Waals surface area contributed by atoms with Crippen LogP contribution in [0.2, 0.25) is 0 Å². The molecular weight excluding hydrogens is 306 g/mol. The van der Waals surface area contributed by atoms with E-state index in [0.717, 1.165) is 11.3 Å². The van der Waals surface area contributed by atoms with E-state index in [-0.39, 0.29) is 12.3 Å². The van der Waals surface area contributed by atoms with Crippen LogP contribution in [-0.2, 0) is 11.2 Å². The minimum absolute atomic E-state index is 0.120. The second-order valence-corrected chi connectivity index (χ2v) is 5.23. The standard InChI is InChI=1S/C17H17N5O2/c1-12-19-20-21-22(12)15-8-5-7-14(11-15)18-17(23)10-13-6-3-4-9-16(13)24-2/h3-9,11H,10H2,1-2H3,(H,18,23). The van der Waals surface area contributed by atoms with Gasteiger partial charge in [0.05, 0.1) is 19.2 Å². The van der Waals surface area contributed by atoms with E-state index in [0.29, 0.717) is 17.3 Å². The monoisotopic (exact) mass is 323 g/mol. The SMILES string of the molecule is COc1ccccc1CC(=O)Nc1cccc(-n2nnnc2C)c1. The number of para-hydroxylation sites is 1. The molecule has 1 N–H and O–H groups in total. The molecule has 2 aromatic carbocycles. The predicted molar refractivity (Wildman–Crippen MR) is 89.2 cm³/mol. The molecule has 1 amide bonds. The molecule has 7 heteroatoms. The van der Waals surface area contributed by atoms with Crippen molar-refractivity contribution in [3.8, 4) is 11.4 Å². The van der Waals surface area contributed by atoms with Gasteiger partial charge in [0.2, 0.25) is 5.91 Å². The van der Waals surface area contributed by atoms with E-state index in [1.165, 1.54) is 0 Å². The molecule has 0 aliphatic heterocycles. The van der Waals surface area contributed by atoms with E-state index in [4.69, 9.17) is 4.74 Å². The van der Waals surface area contributed by atoms with Crippen LogP contribution in [0.5, 0.6) is 5.75 Å². The van der Waals surface area contributed by atoms with Crippen LogP contribution in [0.4, 0.5) is 5.69 Å². The summed E-state index contributed by atoms with van der Waals surface area (Å²) in [6, 6.07) is 14.8. The summed E-state index contributed by atoms with van der Waals surface area (Å²) in [6.07, 6.45) is 0.234. The van der Waals surface area contributed by atoms with Gasteiger partial charge in [-0.25, -0.2) is 0 Å². The molecule has 0 saturated carbocycles. The fourth-order valence-corrected chi connectivity index (χ4v) is 2.41. The third-order valence-electron chi connectivity index (χ3n) is 3.54. The summed E-state index contributed by atoms with van der Waals surface area (Å²) in [5.74, 6) is 1.25. The molecular formula is C17H17N5O2. The zero-order valence-corrected chi connectivity index (χ0v) is 13.4. The van der Waals surface area contributed by atoms with Gasteiger partial charge in [-0.1, -0.05) is 24.3 Å². The fourth-order valence-electron chi connectivity index (χ4n) is 2.41. The van der Waals surface area contributed by atoms with Crippen molar-refractivity contribution >= 4 is 11.6 Å². The van der Waals surface area contributed by atoms with Gasteiger partial charge in [-0.3, -0.25) is 4.79 Å². The highest BCUT2D eigenvalue weighted by atomic mass is 16.5. The van der Waals surface area contributed by atoms with Crippen molar-refractivity contribution in [2.45, 2.75) is 13.3 Å². The van der Waals surface area contributed by atoms with E-state index in [1.807, 2.05) is 55.5 Å². The Labute approximate surface area is 139 Å². The third kappa shape index (κ3) is 3.40. The molecule has 0 saturated heterocycles. The average molecular weight is 323 g/mol. The van der Waals surface area contributed by atoms with Crippen molar-refractivity contribution in [2.24, 2.45) is 0 Å². The molecule has 0 spiro atoms. The van der Waals surface area contributed by atoms with Crippen LogP contribution in [-0.4, -0.2) is 33.2 Å². The van der Waals surface area contributed by atoms with Crippen LogP contribution in [0.25, 0.3) is 5.69 Å². The Morgan fingerprint density at radius 1 is 1.21 bits per heavy atom. The van der Waals surface area contributed by atoms with Crippen molar-refractivity contribution < 1.29 is 9.53 Å². The van der Waals surface area contributed by atoms with E-state index in [2.05, 4.69) is 20.8 Å². The number of carbonyl (C=O) groups is 1. The van der Waals surface area contributed by atoms with Gasteiger partial charge in [-0.15, -0.1) is 5.10 Å². The number of aromatic nitrogens is 4. The van der Waals surface area contributed by atoms with Crippen molar-refractivity contribution in [2.75, 3.05) is 12.4 Å². The third-order valence-corrected chi connectivity index (χ3v) is 3.54. The van der Waals surface area contributed by atoms with Crippen LogP contribution >= 0.6 is 0 Å². The molecule has 0 fully saturated rings. The van der Waals surface area contributed by atoms with Gasteiger partial charge >= 0.3 is 0 Å².